The van der Waals surface area contributed by atoms with Crippen molar-refractivity contribution in [3.63, 3.8) is 0 Å². The van der Waals surface area contributed by atoms with Crippen LogP contribution >= 0.6 is 11.6 Å². The van der Waals surface area contributed by atoms with Gasteiger partial charge in [-0.2, -0.15) is 5.10 Å². The molecule has 2 heterocycles. The Hall–Kier alpha value is -1.89. The predicted molar refractivity (Wildman–Crippen MR) is 90.6 cm³/mol. The molecule has 0 saturated carbocycles. The molecule has 6 nitrogen and oxygen atoms in total. The third-order valence-corrected chi connectivity index (χ3v) is 4.49. The molecule has 3 rings (SSSR count). The number of aromatic nitrogens is 2. The van der Waals surface area contributed by atoms with E-state index in [1.54, 1.807) is 29.9 Å². The second-order valence-electron chi connectivity index (χ2n) is 6.07. The monoisotopic (exact) mass is 349 g/mol. The Morgan fingerprint density at radius 3 is 2.71 bits per heavy atom. The summed E-state index contributed by atoms with van der Waals surface area (Å²) in [6.45, 7) is 3.02. The number of aryl methyl sites for hydroxylation is 1. The highest BCUT2D eigenvalue weighted by molar-refractivity contribution is 6.30. The number of carbonyl (C=O) groups is 1. The molecule has 1 amide bonds. The van der Waals surface area contributed by atoms with Crippen LogP contribution in [0.4, 0.5) is 0 Å². The molecule has 2 N–H and O–H groups in total. The summed E-state index contributed by atoms with van der Waals surface area (Å²) in [6, 6.07) is 7.21. The van der Waals surface area contributed by atoms with Gasteiger partial charge in [0, 0.05) is 43.8 Å². The summed E-state index contributed by atoms with van der Waals surface area (Å²) in [4.78, 5) is 12.4. The maximum Gasteiger partial charge on any atom is 0.254 e. The van der Waals surface area contributed by atoms with Gasteiger partial charge in [0.25, 0.3) is 5.91 Å². The van der Waals surface area contributed by atoms with Crippen LogP contribution in [0.25, 0.3) is 5.69 Å². The molecule has 1 aliphatic heterocycles. The fraction of sp³-hybridized carbons (Fsp3) is 0.412. The van der Waals surface area contributed by atoms with Gasteiger partial charge in [-0.15, -0.1) is 0 Å². The number of nitrogens with zero attached hydrogens (tertiary/aromatic N) is 2. The van der Waals surface area contributed by atoms with Crippen molar-refractivity contribution in [3.8, 4) is 5.69 Å². The van der Waals surface area contributed by atoms with E-state index in [1.807, 2.05) is 12.1 Å². The second-order valence-corrected chi connectivity index (χ2v) is 6.50. The molecule has 1 aliphatic rings. The molecule has 24 heavy (non-hydrogen) atoms. The van der Waals surface area contributed by atoms with Gasteiger partial charge in [0.2, 0.25) is 0 Å². The summed E-state index contributed by atoms with van der Waals surface area (Å²) in [7, 11) is 0. The van der Waals surface area contributed by atoms with Crippen molar-refractivity contribution >= 4 is 17.5 Å². The molecular formula is C17H20ClN3O3. The third kappa shape index (κ3) is 3.77. The minimum absolute atomic E-state index is 0.209. The van der Waals surface area contributed by atoms with E-state index < -0.39 is 5.60 Å². The van der Waals surface area contributed by atoms with Crippen molar-refractivity contribution in [2.45, 2.75) is 25.4 Å². The minimum atomic E-state index is -0.895. The summed E-state index contributed by atoms with van der Waals surface area (Å²) in [6.07, 6.45) is 2.73. The number of carbonyl (C=O) groups excluding carboxylic acids is 1. The quantitative estimate of drug-likeness (QED) is 0.886. The van der Waals surface area contributed by atoms with Gasteiger partial charge in [0.05, 0.1) is 22.5 Å². The van der Waals surface area contributed by atoms with E-state index in [-0.39, 0.29) is 12.5 Å². The van der Waals surface area contributed by atoms with Crippen LogP contribution in [0, 0.1) is 6.92 Å². The van der Waals surface area contributed by atoms with Crippen molar-refractivity contribution in [1.29, 1.82) is 0 Å². The highest BCUT2D eigenvalue weighted by Gasteiger charge is 2.30. The molecule has 0 atom stereocenters. The van der Waals surface area contributed by atoms with Crippen molar-refractivity contribution in [3.05, 3.63) is 46.7 Å². The Balaban J connectivity index is 1.70. The van der Waals surface area contributed by atoms with E-state index in [0.717, 1.165) is 5.69 Å². The van der Waals surface area contributed by atoms with E-state index in [9.17, 15) is 9.90 Å². The molecule has 1 saturated heterocycles. The Kier molecular flexibility index (Phi) is 4.89. The smallest absolute Gasteiger partial charge is 0.254 e. The van der Waals surface area contributed by atoms with Gasteiger partial charge in [-0.05, 0) is 31.2 Å². The van der Waals surface area contributed by atoms with Crippen LogP contribution in [0.3, 0.4) is 0 Å². The Labute approximate surface area is 145 Å². The normalized spacial score (nSPS) is 16.8. The van der Waals surface area contributed by atoms with E-state index in [2.05, 4.69) is 10.4 Å². The molecule has 7 heteroatoms. The molecule has 128 valence electrons. The topological polar surface area (TPSA) is 76.4 Å². The van der Waals surface area contributed by atoms with Crippen LogP contribution < -0.4 is 5.32 Å². The van der Waals surface area contributed by atoms with Crippen LogP contribution in [-0.2, 0) is 4.74 Å². The number of aliphatic hydroxyl groups is 1. The van der Waals surface area contributed by atoms with Crippen LogP contribution in [0.2, 0.25) is 5.02 Å². The highest BCUT2D eigenvalue weighted by Crippen LogP contribution is 2.20. The molecule has 1 aromatic carbocycles. The van der Waals surface area contributed by atoms with Gasteiger partial charge >= 0.3 is 0 Å². The van der Waals surface area contributed by atoms with Gasteiger partial charge in [-0.1, -0.05) is 11.6 Å². The van der Waals surface area contributed by atoms with Gasteiger partial charge in [-0.3, -0.25) is 4.79 Å². The van der Waals surface area contributed by atoms with Crippen LogP contribution in [-0.4, -0.2) is 46.2 Å². The first-order valence-electron chi connectivity index (χ1n) is 7.87. The number of hydrogen-bond acceptors (Lipinski definition) is 4. The lowest BCUT2D eigenvalue weighted by atomic mass is 9.94. The van der Waals surface area contributed by atoms with Crippen LogP contribution in [0.15, 0.2) is 30.5 Å². The maximum absolute atomic E-state index is 12.4. The predicted octanol–water partition coefficient (Wildman–Crippen LogP) is 2.11. The van der Waals surface area contributed by atoms with Crippen molar-refractivity contribution < 1.29 is 14.6 Å². The molecule has 0 radical (unpaired) electrons. The Bertz CT molecular complexity index is 721. The average molecular weight is 350 g/mol. The molecule has 0 bridgehead atoms. The molecular weight excluding hydrogens is 330 g/mol. The number of nitrogens with one attached hydrogen (secondary N) is 1. The zero-order chi connectivity index (χ0) is 17.2. The van der Waals surface area contributed by atoms with Gasteiger partial charge in [0.1, 0.15) is 0 Å². The molecule has 0 aliphatic carbocycles. The van der Waals surface area contributed by atoms with E-state index in [1.165, 1.54) is 0 Å². The SMILES string of the molecule is Cc1nn(-c2ccc(Cl)cc2)cc1C(=O)NCC1(O)CCOCC1. The van der Waals surface area contributed by atoms with Gasteiger partial charge in [0.15, 0.2) is 0 Å². The summed E-state index contributed by atoms with van der Waals surface area (Å²) in [5.74, 6) is -0.243. The molecule has 2 aromatic rings. The number of hydrogen-bond donors (Lipinski definition) is 2. The first-order valence-corrected chi connectivity index (χ1v) is 8.25. The Morgan fingerprint density at radius 1 is 1.38 bits per heavy atom. The number of ether oxygens (including phenoxy) is 1. The highest BCUT2D eigenvalue weighted by atomic mass is 35.5. The zero-order valence-corrected chi connectivity index (χ0v) is 14.2. The van der Waals surface area contributed by atoms with E-state index in [0.29, 0.717) is 42.3 Å². The summed E-state index contributed by atoms with van der Waals surface area (Å²) in [5, 5.41) is 18.2. The van der Waals surface area contributed by atoms with Crippen LogP contribution in [0.5, 0.6) is 0 Å². The number of halogens is 1. The third-order valence-electron chi connectivity index (χ3n) is 4.24. The second kappa shape index (κ2) is 6.93. The first-order chi connectivity index (χ1) is 11.5. The number of benzene rings is 1. The number of amides is 1. The molecule has 0 unspecified atom stereocenters. The molecule has 0 spiro atoms. The van der Waals surface area contributed by atoms with Crippen LogP contribution in [0.1, 0.15) is 28.9 Å². The summed E-state index contributed by atoms with van der Waals surface area (Å²) in [5.41, 5.74) is 1.04. The van der Waals surface area contributed by atoms with Gasteiger partial charge in [-0.25, -0.2) is 4.68 Å². The fourth-order valence-corrected chi connectivity index (χ4v) is 2.80. The molecule has 1 fully saturated rings. The first kappa shape index (κ1) is 17.0. The maximum atomic E-state index is 12.4. The zero-order valence-electron chi connectivity index (χ0n) is 13.5. The minimum Gasteiger partial charge on any atom is -0.388 e. The van der Waals surface area contributed by atoms with Crippen molar-refractivity contribution in [2.75, 3.05) is 19.8 Å². The van der Waals surface area contributed by atoms with Gasteiger partial charge < -0.3 is 15.2 Å². The van der Waals surface area contributed by atoms with Crippen molar-refractivity contribution in [2.24, 2.45) is 0 Å². The largest absolute Gasteiger partial charge is 0.388 e. The lowest BCUT2D eigenvalue weighted by molar-refractivity contribution is -0.0605. The summed E-state index contributed by atoms with van der Waals surface area (Å²) >= 11 is 5.89. The summed E-state index contributed by atoms with van der Waals surface area (Å²) < 4.78 is 6.88. The van der Waals surface area contributed by atoms with Crippen molar-refractivity contribution in [1.82, 2.24) is 15.1 Å². The average Bonchev–Trinajstić information content (AvgIpc) is 2.96. The lowest BCUT2D eigenvalue weighted by Gasteiger charge is -2.32. The lowest BCUT2D eigenvalue weighted by Crippen LogP contribution is -2.46. The fourth-order valence-electron chi connectivity index (χ4n) is 2.68. The Morgan fingerprint density at radius 2 is 2.04 bits per heavy atom. The van der Waals surface area contributed by atoms with E-state index >= 15 is 0 Å². The number of rotatable bonds is 4. The standard InChI is InChI=1S/C17H20ClN3O3/c1-12-15(10-21(20-12)14-4-2-13(18)3-5-14)16(22)19-11-17(23)6-8-24-9-7-17/h2-5,10,23H,6-9,11H2,1H3,(H,19,22). The van der Waals surface area contributed by atoms with E-state index in [4.69, 9.17) is 16.3 Å². The molecule has 1 aromatic heterocycles.